The van der Waals surface area contributed by atoms with Crippen LogP contribution in [0.2, 0.25) is 0 Å². The van der Waals surface area contributed by atoms with E-state index in [0.717, 1.165) is 25.1 Å². The SMILES string of the molecule is CCC(NC(C)CCN(C)C)c1ccccc1OC. The summed E-state index contributed by atoms with van der Waals surface area (Å²) in [6, 6.07) is 9.13. The summed E-state index contributed by atoms with van der Waals surface area (Å²) < 4.78 is 5.46. The van der Waals surface area contributed by atoms with Gasteiger partial charge in [0, 0.05) is 17.6 Å². The zero-order valence-corrected chi connectivity index (χ0v) is 12.9. The molecule has 3 nitrogen and oxygen atoms in total. The van der Waals surface area contributed by atoms with E-state index in [-0.39, 0.29) is 0 Å². The summed E-state index contributed by atoms with van der Waals surface area (Å²) in [6.45, 7) is 5.57. The number of hydrogen-bond donors (Lipinski definition) is 1. The fourth-order valence-electron chi connectivity index (χ4n) is 2.26. The Kier molecular flexibility index (Phi) is 6.89. The topological polar surface area (TPSA) is 24.5 Å². The second kappa shape index (κ2) is 8.18. The van der Waals surface area contributed by atoms with E-state index in [1.807, 2.05) is 12.1 Å². The number of methoxy groups -OCH3 is 1. The summed E-state index contributed by atoms with van der Waals surface area (Å²) in [4.78, 5) is 2.22. The Morgan fingerprint density at radius 2 is 1.95 bits per heavy atom. The third-order valence-corrected chi connectivity index (χ3v) is 3.42. The van der Waals surface area contributed by atoms with E-state index < -0.39 is 0 Å². The Hall–Kier alpha value is -1.06. The molecule has 108 valence electrons. The minimum Gasteiger partial charge on any atom is -0.496 e. The standard InChI is InChI=1S/C16H28N2O/c1-6-15(17-13(2)11-12-18(3)4)14-9-7-8-10-16(14)19-5/h7-10,13,15,17H,6,11-12H2,1-5H3. The largest absolute Gasteiger partial charge is 0.496 e. The lowest BCUT2D eigenvalue weighted by Crippen LogP contribution is -2.33. The summed E-state index contributed by atoms with van der Waals surface area (Å²) in [6.07, 6.45) is 2.21. The molecule has 3 heteroatoms. The van der Waals surface area contributed by atoms with Crippen LogP contribution in [0.15, 0.2) is 24.3 Å². The monoisotopic (exact) mass is 264 g/mol. The summed E-state index contributed by atoms with van der Waals surface area (Å²) >= 11 is 0. The van der Waals surface area contributed by atoms with Gasteiger partial charge in [-0.15, -0.1) is 0 Å². The van der Waals surface area contributed by atoms with Crippen molar-refractivity contribution >= 4 is 0 Å². The van der Waals surface area contributed by atoms with Crippen molar-refractivity contribution in [3.8, 4) is 5.75 Å². The first-order chi connectivity index (χ1) is 9.08. The van der Waals surface area contributed by atoms with Crippen LogP contribution in [0.3, 0.4) is 0 Å². The molecule has 0 aliphatic heterocycles. The first-order valence-corrected chi connectivity index (χ1v) is 7.12. The Balaban J connectivity index is 2.67. The van der Waals surface area contributed by atoms with Crippen LogP contribution >= 0.6 is 0 Å². The number of para-hydroxylation sites is 1. The molecular formula is C16H28N2O. The van der Waals surface area contributed by atoms with Crippen LogP contribution < -0.4 is 10.1 Å². The lowest BCUT2D eigenvalue weighted by Gasteiger charge is -2.25. The quantitative estimate of drug-likeness (QED) is 0.781. The van der Waals surface area contributed by atoms with Crippen LogP contribution in [-0.2, 0) is 0 Å². The number of ether oxygens (including phenoxy) is 1. The highest BCUT2D eigenvalue weighted by Gasteiger charge is 2.16. The van der Waals surface area contributed by atoms with Gasteiger partial charge in [0.15, 0.2) is 0 Å². The molecule has 0 saturated carbocycles. The lowest BCUT2D eigenvalue weighted by molar-refractivity contribution is 0.341. The third-order valence-electron chi connectivity index (χ3n) is 3.42. The molecule has 1 N–H and O–H groups in total. The Bertz CT molecular complexity index is 366. The maximum Gasteiger partial charge on any atom is 0.123 e. The summed E-state index contributed by atoms with van der Waals surface area (Å²) in [5.41, 5.74) is 1.25. The van der Waals surface area contributed by atoms with Crippen LogP contribution in [0.5, 0.6) is 5.75 Å². The van der Waals surface area contributed by atoms with Crippen LogP contribution in [-0.4, -0.2) is 38.7 Å². The number of nitrogens with one attached hydrogen (secondary N) is 1. The number of nitrogens with zero attached hydrogens (tertiary/aromatic N) is 1. The first kappa shape index (κ1) is 16.0. The average Bonchev–Trinajstić information content (AvgIpc) is 2.42. The maximum absolute atomic E-state index is 5.46. The Morgan fingerprint density at radius 3 is 2.53 bits per heavy atom. The van der Waals surface area contributed by atoms with Gasteiger partial charge in [0.25, 0.3) is 0 Å². The second-order valence-electron chi connectivity index (χ2n) is 5.36. The van der Waals surface area contributed by atoms with Gasteiger partial charge in [-0.05, 0) is 46.5 Å². The molecular weight excluding hydrogens is 236 g/mol. The molecule has 19 heavy (non-hydrogen) atoms. The molecule has 2 unspecified atom stereocenters. The predicted molar refractivity (Wildman–Crippen MR) is 81.8 cm³/mol. The highest BCUT2D eigenvalue weighted by atomic mass is 16.5. The van der Waals surface area contributed by atoms with E-state index in [0.29, 0.717) is 12.1 Å². The second-order valence-corrected chi connectivity index (χ2v) is 5.36. The van der Waals surface area contributed by atoms with E-state index in [9.17, 15) is 0 Å². The predicted octanol–water partition coefficient (Wildman–Crippen LogP) is 3.08. The van der Waals surface area contributed by atoms with Gasteiger partial charge in [0.05, 0.1) is 7.11 Å². The maximum atomic E-state index is 5.46. The average molecular weight is 264 g/mol. The number of benzene rings is 1. The van der Waals surface area contributed by atoms with Crippen molar-refractivity contribution in [2.75, 3.05) is 27.7 Å². The van der Waals surface area contributed by atoms with Gasteiger partial charge in [-0.1, -0.05) is 25.1 Å². The van der Waals surface area contributed by atoms with Crippen molar-refractivity contribution in [2.24, 2.45) is 0 Å². The molecule has 0 aliphatic carbocycles. The lowest BCUT2D eigenvalue weighted by atomic mass is 10.0. The molecule has 0 heterocycles. The normalized spacial score (nSPS) is 14.4. The molecule has 0 radical (unpaired) electrons. The van der Waals surface area contributed by atoms with E-state index in [2.05, 4.69) is 50.3 Å². The van der Waals surface area contributed by atoms with E-state index in [1.165, 1.54) is 5.56 Å². The van der Waals surface area contributed by atoms with Gasteiger partial charge < -0.3 is 15.0 Å². The summed E-state index contributed by atoms with van der Waals surface area (Å²) in [5.74, 6) is 0.974. The van der Waals surface area contributed by atoms with Gasteiger partial charge in [0.2, 0.25) is 0 Å². The van der Waals surface area contributed by atoms with E-state index in [4.69, 9.17) is 4.74 Å². The third kappa shape index (κ3) is 5.21. The van der Waals surface area contributed by atoms with Crippen LogP contribution in [0, 0.1) is 0 Å². The molecule has 0 amide bonds. The minimum absolute atomic E-state index is 0.355. The van der Waals surface area contributed by atoms with Crippen LogP contribution in [0.4, 0.5) is 0 Å². The minimum atomic E-state index is 0.355. The molecule has 0 fully saturated rings. The van der Waals surface area contributed by atoms with Crippen LogP contribution in [0.25, 0.3) is 0 Å². The molecule has 0 bridgehead atoms. The number of rotatable bonds is 8. The van der Waals surface area contributed by atoms with Crippen molar-refractivity contribution < 1.29 is 4.74 Å². The van der Waals surface area contributed by atoms with E-state index in [1.54, 1.807) is 7.11 Å². The fourth-order valence-corrected chi connectivity index (χ4v) is 2.26. The number of hydrogen-bond acceptors (Lipinski definition) is 3. The zero-order valence-electron chi connectivity index (χ0n) is 12.9. The molecule has 1 rings (SSSR count). The van der Waals surface area contributed by atoms with Gasteiger partial charge in [-0.2, -0.15) is 0 Å². The fraction of sp³-hybridized carbons (Fsp3) is 0.625. The molecule has 0 saturated heterocycles. The molecule has 1 aromatic rings. The highest BCUT2D eigenvalue weighted by molar-refractivity contribution is 5.35. The van der Waals surface area contributed by atoms with Crippen molar-refractivity contribution in [1.29, 1.82) is 0 Å². The summed E-state index contributed by atoms with van der Waals surface area (Å²) in [5, 5.41) is 3.71. The van der Waals surface area contributed by atoms with Gasteiger partial charge in [0.1, 0.15) is 5.75 Å². The Morgan fingerprint density at radius 1 is 1.26 bits per heavy atom. The molecule has 0 spiro atoms. The van der Waals surface area contributed by atoms with Crippen molar-refractivity contribution in [3.05, 3.63) is 29.8 Å². The van der Waals surface area contributed by atoms with Gasteiger partial charge in [-0.25, -0.2) is 0 Å². The van der Waals surface area contributed by atoms with Crippen molar-refractivity contribution in [3.63, 3.8) is 0 Å². The van der Waals surface area contributed by atoms with Crippen molar-refractivity contribution in [1.82, 2.24) is 10.2 Å². The zero-order chi connectivity index (χ0) is 14.3. The Labute approximate surface area is 118 Å². The van der Waals surface area contributed by atoms with Gasteiger partial charge in [-0.3, -0.25) is 0 Å². The van der Waals surface area contributed by atoms with E-state index >= 15 is 0 Å². The summed E-state index contributed by atoms with van der Waals surface area (Å²) in [7, 11) is 5.97. The van der Waals surface area contributed by atoms with Crippen molar-refractivity contribution in [2.45, 2.75) is 38.8 Å². The van der Waals surface area contributed by atoms with Gasteiger partial charge >= 0.3 is 0 Å². The smallest absolute Gasteiger partial charge is 0.123 e. The molecule has 0 aromatic heterocycles. The molecule has 2 atom stereocenters. The van der Waals surface area contributed by atoms with Crippen LogP contribution in [0.1, 0.15) is 38.3 Å². The molecule has 1 aromatic carbocycles. The molecule has 0 aliphatic rings. The first-order valence-electron chi connectivity index (χ1n) is 7.12. The highest BCUT2D eigenvalue weighted by Crippen LogP contribution is 2.27.